The van der Waals surface area contributed by atoms with E-state index >= 15 is 0 Å². The smallest absolute Gasteiger partial charge is 0.232 e. The Morgan fingerprint density at radius 1 is 1.22 bits per heavy atom. The maximum atomic E-state index is 5.68. The second-order valence-electron chi connectivity index (χ2n) is 4.72. The Hall–Kier alpha value is -1.72. The second-order valence-corrected chi connectivity index (χ2v) is 5.05. The van der Waals surface area contributed by atoms with Crippen molar-refractivity contribution in [2.75, 3.05) is 26.5 Å². The molecule has 2 aromatic rings. The molecular formula is C12H14ClN5+. The number of nitrogens with one attached hydrogen (secondary N) is 1. The van der Waals surface area contributed by atoms with E-state index in [1.165, 1.54) is 5.69 Å². The van der Waals surface area contributed by atoms with Crippen molar-refractivity contribution in [2.24, 2.45) is 0 Å². The number of anilines is 2. The Kier molecular flexibility index (Phi) is 3.45. The van der Waals surface area contributed by atoms with E-state index in [1.54, 1.807) is 0 Å². The van der Waals surface area contributed by atoms with Crippen molar-refractivity contribution in [2.45, 2.75) is 0 Å². The van der Waals surface area contributed by atoms with Gasteiger partial charge in [-0.2, -0.15) is 15.0 Å². The number of halogens is 1. The third-order valence-electron chi connectivity index (χ3n) is 2.37. The molecule has 0 amide bonds. The average Bonchev–Trinajstić information content (AvgIpc) is 2.28. The van der Waals surface area contributed by atoms with Crippen molar-refractivity contribution in [3.05, 3.63) is 35.9 Å². The predicted molar refractivity (Wildman–Crippen MR) is 73.0 cm³/mol. The average molecular weight is 264 g/mol. The van der Waals surface area contributed by atoms with E-state index < -0.39 is 0 Å². The normalized spacial score (nSPS) is 11.3. The fourth-order valence-corrected chi connectivity index (χ4v) is 1.55. The zero-order valence-corrected chi connectivity index (χ0v) is 11.2. The molecule has 18 heavy (non-hydrogen) atoms. The molecule has 0 atom stereocenters. The van der Waals surface area contributed by atoms with Gasteiger partial charge in [-0.1, -0.05) is 6.07 Å². The highest BCUT2D eigenvalue weighted by Gasteiger charge is 2.12. The van der Waals surface area contributed by atoms with Crippen LogP contribution in [0.3, 0.4) is 0 Å². The van der Waals surface area contributed by atoms with Gasteiger partial charge in [-0.15, -0.1) is 0 Å². The number of hydrogen-bond donors (Lipinski definition) is 1. The molecule has 2 rings (SSSR count). The minimum absolute atomic E-state index is 0.121. The zero-order chi connectivity index (χ0) is 13.2. The number of hydrogen-bond acceptors (Lipinski definition) is 4. The molecule has 0 aliphatic rings. The lowest BCUT2D eigenvalue weighted by atomic mass is 10.2. The molecular weight excluding hydrogens is 250 g/mol. The molecule has 0 aliphatic carbocycles. The van der Waals surface area contributed by atoms with Crippen LogP contribution in [-0.4, -0.2) is 36.1 Å². The minimum atomic E-state index is 0.121. The summed E-state index contributed by atoms with van der Waals surface area (Å²) in [6.45, 7) is 0. The largest absolute Gasteiger partial charge is 0.324 e. The first-order valence-corrected chi connectivity index (χ1v) is 5.80. The van der Waals surface area contributed by atoms with Gasteiger partial charge in [0.25, 0.3) is 0 Å². The van der Waals surface area contributed by atoms with Crippen LogP contribution in [0, 0.1) is 6.33 Å². The van der Waals surface area contributed by atoms with Crippen molar-refractivity contribution >= 4 is 28.9 Å². The van der Waals surface area contributed by atoms with Gasteiger partial charge in [0.15, 0.2) is 0 Å². The number of benzene rings is 1. The monoisotopic (exact) mass is 263 g/mol. The third kappa shape index (κ3) is 3.15. The summed E-state index contributed by atoms with van der Waals surface area (Å²) < 4.78 is 0.736. The van der Waals surface area contributed by atoms with Gasteiger partial charge in [-0.3, -0.25) is 4.48 Å². The lowest BCUT2D eigenvalue weighted by molar-refractivity contribution is 0.486. The van der Waals surface area contributed by atoms with Crippen LogP contribution in [0.15, 0.2) is 24.3 Å². The predicted octanol–water partition coefficient (Wildman–Crippen LogP) is 2.27. The van der Waals surface area contributed by atoms with E-state index in [0.717, 1.165) is 10.2 Å². The van der Waals surface area contributed by atoms with Gasteiger partial charge in [0, 0.05) is 11.8 Å². The van der Waals surface area contributed by atoms with Gasteiger partial charge in [-0.25, -0.2) is 0 Å². The molecule has 0 fully saturated rings. The van der Waals surface area contributed by atoms with Crippen molar-refractivity contribution in [3.63, 3.8) is 0 Å². The van der Waals surface area contributed by atoms with Crippen LogP contribution in [0.25, 0.3) is 0 Å². The summed E-state index contributed by atoms with van der Waals surface area (Å²) in [5.41, 5.74) is 2.07. The molecule has 0 unspecified atom stereocenters. The van der Waals surface area contributed by atoms with Gasteiger partial charge in [-0.05, 0) is 23.7 Å². The third-order valence-corrected chi connectivity index (χ3v) is 2.54. The topological polar surface area (TPSA) is 50.7 Å². The highest BCUT2D eigenvalue weighted by Crippen LogP contribution is 2.22. The molecule has 0 aliphatic heterocycles. The van der Waals surface area contributed by atoms with E-state index in [-0.39, 0.29) is 5.28 Å². The van der Waals surface area contributed by atoms with E-state index in [1.807, 2.05) is 18.2 Å². The molecule has 1 aromatic carbocycles. The van der Waals surface area contributed by atoms with Crippen molar-refractivity contribution < 1.29 is 0 Å². The lowest BCUT2D eigenvalue weighted by Gasteiger charge is -2.23. The molecule has 1 radical (unpaired) electrons. The number of quaternary nitrogens is 1. The fourth-order valence-electron chi connectivity index (χ4n) is 1.44. The van der Waals surface area contributed by atoms with Gasteiger partial charge < -0.3 is 5.32 Å². The molecule has 1 heterocycles. The summed E-state index contributed by atoms with van der Waals surface area (Å²) in [4.78, 5) is 11.4. The van der Waals surface area contributed by atoms with Gasteiger partial charge in [0.1, 0.15) is 5.69 Å². The molecule has 6 heteroatoms. The van der Waals surface area contributed by atoms with Crippen LogP contribution in [0.4, 0.5) is 17.3 Å². The molecule has 1 N–H and O–H groups in total. The summed E-state index contributed by atoms with van der Waals surface area (Å²) in [7, 11) is 6.31. The lowest BCUT2D eigenvalue weighted by Crippen LogP contribution is -2.34. The quantitative estimate of drug-likeness (QED) is 0.863. The van der Waals surface area contributed by atoms with Crippen LogP contribution < -0.4 is 9.80 Å². The van der Waals surface area contributed by atoms with E-state index in [9.17, 15) is 0 Å². The standard InChI is InChI=1S/C12H14ClN5/c1-18(2,3)10-6-4-5-9(7-10)16-12-15-8-14-11(13)17-12/h4-7H,1-3H3,(H,14,15,16,17)/q+1. The summed E-state index contributed by atoms with van der Waals surface area (Å²) >= 11 is 5.68. The number of aromatic nitrogens is 3. The first-order valence-electron chi connectivity index (χ1n) is 5.42. The van der Waals surface area contributed by atoms with Gasteiger partial charge in [0.2, 0.25) is 17.6 Å². The summed E-state index contributed by atoms with van der Waals surface area (Å²) in [5, 5.41) is 3.19. The Morgan fingerprint density at radius 2 is 2.00 bits per heavy atom. The highest BCUT2D eigenvalue weighted by molar-refractivity contribution is 6.28. The number of rotatable bonds is 3. The SMILES string of the molecule is C[N+](C)(C)c1cccc(Nc2n[c]nc(Cl)n2)c1. The molecule has 5 nitrogen and oxygen atoms in total. The van der Waals surface area contributed by atoms with Crippen molar-refractivity contribution in [1.29, 1.82) is 0 Å². The zero-order valence-electron chi connectivity index (χ0n) is 10.5. The second kappa shape index (κ2) is 4.88. The minimum Gasteiger partial charge on any atom is -0.324 e. The van der Waals surface area contributed by atoms with Crippen LogP contribution in [-0.2, 0) is 0 Å². The molecule has 93 valence electrons. The Morgan fingerprint density at radius 3 is 2.67 bits per heavy atom. The van der Waals surface area contributed by atoms with Crippen LogP contribution in [0.2, 0.25) is 5.28 Å². The molecule has 1 aromatic heterocycles. The van der Waals surface area contributed by atoms with E-state index in [0.29, 0.717) is 5.95 Å². The fraction of sp³-hybridized carbons (Fsp3) is 0.250. The summed E-state index contributed by atoms with van der Waals surface area (Å²) in [6, 6.07) is 8.03. The van der Waals surface area contributed by atoms with Gasteiger partial charge >= 0.3 is 0 Å². The Labute approximate surface area is 111 Å². The summed E-state index contributed by atoms with van der Waals surface area (Å²) in [6.07, 6.45) is 2.43. The molecule has 0 saturated heterocycles. The highest BCUT2D eigenvalue weighted by atomic mass is 35.5. The molecule has 0 saturated carbocycles. The van der Waals surface area contributed by atoms with E-state index in [2.05, 4.69) is 53.8 Å². The van der Waals surface area contributed by atoms with Crippen LogP contribution in [0.1, 0.15) is 0 Å². The maximum absolute atomic E-state index is 5.68. The molecule has 0 bridgehead atoms. The molecule has 0 spiro atoms. The maximum Gasteiger partial charge on any atom is 0.232 e. The number of nitrogens with zero attached hydrogens (tertiary/aromatic N) is 4. The Bertz CT molecular complexity index is 550. The summed E-state index contributed by atoms with van der Waals surface area (Å²) in [5.74, 6) is 0.383. The first kappa shape index (κ1) is 12.7. The van der Waals surface area contributed by atoms with Crippen molar-refractivity contribution in [3.8, 4) is 0 Å². The first-order chi connectivity index (χ1) is 8.45. The van der Waals surface area contributed by atoms with Crippen molar-refractivity contribution in [1.82, 2.24) is 19.4 Å². The van der Waals surface area contributed by atoms with Gasteiger partial charge in [0.05, 0.1) is 21.1 Å². The van der Waals surface area contributed by atoms with E-state index in [4.69, 9.17) is 11.6 Å². The Balaban J connectivity index is 2.25. The van der Waals surface area contributed by atoms with Crippen LogP contribution in [0.5, 0.6) is 0 Å². The van der Waals surface area contributed by atoms with Crippen LogP contribution >= 0.6 is 11.6 Å².